The van der Waals surface area contributed by atoms with Crippen LogP contribution in [0.4, 0.5) is 22.2 Å². The van der Waals surface area contributed by atoms with Gasteiger partial charge in [0.2, 0.25) is 5.95 Å². The van der Waals surface area contributed by atoms with Gasteiger partial charge in [0.1, 0.15) is 11.6 Å². The first-order valence-corrected chi connectivity index (χ1v) is 15.9. The lowest BCUT2D eigenvalue weighted by Gasteiger charge is -2.24. The third-order valence-corrected chi connectivity index (χ3v) is 8.19. The quantitative estimate of drug-likeness (QED) is 0.169. The molecule has 0 saturated carbocycles. The number of rotatable bonds is 12. The van der Waals surface area contributed by atoms with Crippen molar-refractivity contribution in [2.45, 2.75) is 48.1 Å². The standard InChI is InChI=1S/C36H43ClN6O3/c1-8-42(9-2)19-18-41(7)34(44)28-11-14-31(15-12-28)39-35-38-17-16-32(40-35)43(23-29-22-30(37)13-10-25(29)4)36(45)46-33-26(5)20-24(3)21-27(33)6/h10-17,20-22H,8-9,18-19,23H2,1-7H3,(H,38,39,40). The Morgan fingerprint density at radius 1 is 0.870 bits per heavy atom. The summed E-state index contributed by atoms with van der Waals surface area (Å²) in [5.41, 5.74) is 5.95. The van der Waals surface area contributed by atoms with E-state index >= 15 is 0 Å². The number of halogens is 1. The molecule has 0 radical (unpaired) electrons. The van der Waals surface area contributed by atoms with Crippen LogP contribution in [0.5, 0.6) is 5.75 Å². The van der Waals surface area contributed by atoms with E-state index in [0.29, 0.717) is 34.4 Å². The molecule has 4 rings (SSSR count). The van der Waals surface area contributed by atoms with Gasteiger partial charge in [-0.05, 0) is 106 Å². The van der Waals surface area contributed by atoms with Crippen LogP contribution in [0.1, 0.15) is 52.0 Å². The Morgan fingerprint density at radius 2 is 1.54 bits per heavy atom. The minimum atomic E-state index is -0.577. The van der Waals surface area contributed by atoms with E-state index in [1.54, 1.807) is 29.3 Å². The summed E-state index contributed by atoms with van der Waals surface area (Å²) < 4.78 is 5.98. The van der Waals surface area contributed by atoms with Crippen LogP contribution in [0.25, 0.3) is 0 Å². The molecule has 3 aromatic carbocycles. The molecule has 0 aliphatic rings. The Kier molecular flexibility index (Phi) is 11.7. The summed E-state index contributed by atoms with van der Waals surface area (Å²) in [7, 11) is 1.82. The summed E-state index contributed by atoms with van der Waals surface area (Å²) in [6, 6.07) is 18.4. The maximum Gasteiger partial charge on any atom is 0.421 e. The van der Waals surface area contributed by atoms with Crippen molar-refractivity contribution in [3.63, 3.8) is 0 Å². The van der Waals surface area contributed by atoms with Gasteiger partial charge in [0.15, 0.2) is 0 Å². The zero-order chi connectivity index (χ0) is 33.4. The Labute approximate surface area is 277 Å². The van der Waals surface area contributed by atoms with Crippen LogP contribution in [-0.4, -0.2) is 65.0 Å². The molecule has 0 fully saturated rings. The summed E-state index contributed by atoms with van der Waals surface area (Å²) in [4.78, 5) is 41.3. The number of amides is 2. The average Bonchev–Trinajstić information content (AvgIpc) is 3.03. The van der Waals surface area contributed by atoms with E-state index in [1.165, 1.54) is 4.90 Å². The van der Waals surface area contributed by atoms with Crippen molar-refractivity contribution in [1.29, 1.82) is 0 Å². The van der Waals surface area contributed by atoms with Gasteiger partial charge in [-0.3, -0.25) is 9.69 Å². The summed E-state index contributed by atoms with van der Waals surface area (Å²) in [6.45, 7) is 15.6. The number of anilines is 3. The molecule has 0 aliphatic carbocycles. The van der Waals surface area contributed by atoms with E-state index in [-0.39, 0.29) is 18.4 Å². The number of ether oxygens (including phenoxy) is 1. The van der Waals surface area contributed by atoms with Gasteiger partial charge in [-0.2, -0.15) is 4.98 Å². The second kappa shape index (κ2) is 15.7. The summed E-state index contributed by atoms with van der Waals surface area (Å²) in [5.74, 6) is 1.12. The van der Waals surface area contributed by atoms with Gasteiger partial charge in [0.05, 0.1) is 6.54 Å². The summed E-state index contributed by atoms with van der Waals surface area (Å²) in [5, 5.41) is 3.76. The minimum absolute atomic E-state index is 0.0403. The number of carbonyl (C=O) groups excluding carboxylic acids is 2. The molecule has 0 saturated heterocycles. The van der Waals surface area contributed by atoms with E-state index < -0.39 is 6.09 Å². The Morgan fingerprint density at radius 3 is 2.20 bits per heavy atom. The summed E-state index contributed by atoms with van der Waals surface area (Å²) >= 11 is 6.32. The van der Waals surface area contributed by atoms with E-state index in [4.69, 9.17) is 16.3 Å². The summed E-state index contributed by atoms with van der Waals surface area (Å²) in [6.07, 6.45) is 1.01. The lowest BCUT2D eigenvalue weighted by Crippen LogP contribution is -2.36. The van der Waals surface area contributed by atoms with Gasteiger partial charge in [-0.15, -0.1) is 0 Å². The van der Waals surface area contributed by atoms with Crippen molar-refractivity contribution >= 4 is 41.1 Å². The molecule has 0 bridgehead atoms. The maximum atomic E-state index is 13.8. The molecule has 4 aromatic rings. The lowest BCUT2D eigenvalue weighted by atomic mass is 10.1. The first-order valence-electron chi connectivity index (χ1n) is 15.5. The molecule has 46 heavy (non-hydrogen) atoms. The topological polar surface area (TPSA) is 90.9 Å². The fourth-order valence-electron chi connectivity index (χ4n) is 5.23. The number of carbonyl (C=O) groups is 2. The highest BCUT2D eigenvalue weighted by molar-refractivity contribution is 6.30. The molecule has 0 spiro atoms. The molecule has 0 unspecified atom stereocenters. The third-order valence-electron chi connectivity index (χ3n) is 7.95. The van der Waals surface area contributed by atoms with Crippen LogP contribution in [0.3, 0.4) is 0 Å². The van der Waals surface area contributed by atoms with E-state index in [2.05, 4.69) is 34.0 Å². The van der Waals surface area contributed by atoms with E-state index in [0.717, 1.165) is 47.5 Å². The van der Waals surface area contributed by atoms with Gasteiger partial charge in [0, 0.05) is 42.6 Å². The van der Waals surface area contributed by atoms with Crippen LogP contribution in [0.15, 0.2) is 66.9 Å². The molecule has 1 aromatic heterocycles. The van der Waals surface area contributed by atoms with Crippen LogP contribution < -0.4 is 15.0 Å². The maximum absolute atomic E-state index is 13.8. The highest BCUT2D eigenvalue weighted by Crippen LogP contribution is 2.28. The van der Waals surface area contributed by atoms with Gasteiger partial charge in [-0.25, -0.2) is 9.78 Å². The zero-order valence-corrected chi connectivity index (χ0v) is 28.5. The third kappa shape index (κ3) is 8.83. The second-order valence-electron chi connectivity index (χ2n) is 11.4. The highest BCUT2D eigenvalue weighted by atomic mass is 35.5. The molecule has 9 nitrogen and oxygen atoms in total. The van der Waals surface area contributed by atoms with Gasteiger partial charge in [0.25, 0.3) is 5.91 Å². The monoisotopic (exact) mass is 642 g/mol. The van der Waals surface area contributed by atoms with Crippen molar-refractivity contribution in [3.8, 4) is 5.75 Å². The van der Waals surface area contributed by atoms with Gasteiger partial charge >= 0.3 is 6.09 Å². The Balaban J connectivity index is 1.55. The molecule has 0 aliphatic heterocycles. The van der Waals surface area contributed by atoms with Crippen molar-refractivity contribution in [3.05, 3.63) is 105 Å². The van der Waals surface area contributed by atoms with E-state index in [9.17, 15) is 9.59 Å². The molecular formula is C36H43ClN6O3. The largest absolute Gasteiger partial charge is 0.421 e. The van der Waals surface area contributed by atoms with Gasteiger partial charge in [-0.1, -0.05) is 49.2 Å². The SMILES string of the molecule is CCN(CC)CCN(C)C(=O)c1ccc(Nc2nccc(N(Cc3cc(Cl)ccc3C)C(=O)Oc3c(C)cc(C)cc3C)n2)cc1. The van der Waals surface area contributed by atoms with Crippen molar-refractivity contribution < 1.29 is 14.3 Å². The van der Waals surface area contributed by atoms with Crippen molar-refractivity contribution in [1.82, 2.24) is 19.8 Å². The number of hydrogen-bond acceptors (Lipinski definition) is 7. The van der Waals surface area contributed by atoms with Crippen molar-refractivity contribution in [2.24, 2.45) is 0 Å². The van der Waals surface area contributed by atoms with E-state index in [1.807, 2.05) is 77.2 Å². The lowest BCUT2D eigenvalue weighted by molar-refractivity contribution is 0.0779. The number of benzene rings is 3. The van der Waals surface area contributed by atoms with Crippen LogP contribution in [0, 0.1) is 27.7 Å². The first-order chi connectivity index (χ1) is 22.0. The molecule has 2 amide bonds. The molecule has 1 N–H and O–H groups in total. The first kappa shape index (κ1) is 34.4. The van der Waals surface area contributed by atoms with Gasteiger partial charge < -0.3 is 19.9 Å². The molecule has 242 valence electrons. The Hall–Kier alpha value is -4.47. The molecule has 10 heteroatoms. The molecular weight excluding hydrogens is 600 g/mol. The predicted octanol–water partition coefficient (Wildman–Crippen LogP) is 7.73. The zero-order valence-electron chi connectivity index (χ0n) is 27.7. The fraction of sp³-hybridized carbons (Fsp3) is 0.333. The van der Waals surface area contributed by atoms with Crippen LogP contribution in [-0.2, 0) is 6.54 Å². The number of aromatic nitrogens is 2. The number of hydrogen-bond donors (Lipinski definition) is 1. The smallest absolute Gasteiger partial charge is 0.409 e. The predicted molar refractivity (Wildman–Crippen MR) is 186 cm³/mol. The number of likely N-dealkylation sites (N-methyl/N-ethyl adjacent to an activating group) is 2. The van der Waals surface area contributed by atoms with Crippen LogP contribution in [0.2, 0.25) is 5.02 Å². The normalized spacial score (nSPS) is 11.0. The minimum Gasteiger partial charge on any atom is -0.409 e. The number of nitrogens with zero attached hydrogens (tertiary/aromatic N) is 5. The Bertz CT molecular complexity index is 1650. The number of nitrogens with one attached hydrogen (secondary N) is 1. The molecule has 1 heterocycles. The highest BCUT2D eigenvalue weighted by Gasteiger charge is 2.23. The fourth-order valence-corrected chi connectivity index (χ4v) is 5.42. The second-order valence-corrected chi connectivity index (χ2v) is 11.9. The average molecular weight is 643 g/mol. The van der Waals surface area contributed by atoms with Crippen LogP contribution >= 0.6 is 11.6 Å². The molecule has 0 atom stereocenters. The number of aryl methyl sites for hydroxylation is 4. The van der Waals surface area contributed by atoms with Crippen molar-refractivity contribution in [2.75, 3.05) is 43.4 Å².